The Labute approximate surface area is 67.7 Å². The molecule has 0 aromatic rings. The maximum absolute atomic E-state index is 8.64. The van der Waals surface area contributed by atoms with Gasteiger partial charge >= 0.3 is 62.8 Å². The average Bonchev–Trinajstić information content (AvgIpc) is 0.722. The molecular formula is H2NaO5Sb-2. The summed E-state index contributed by atoms with van der Waals surface area (Å²) in [5, 5.41) is 0. The molecule has 0 saturated heterocycles. The van der Waals surface area contributed by atoms with E-state index in [2.05, 4.69) is 0 Å². The summed E-state index contributed by atoms with van der Waals surface area (Å²) in [6.07, 6.45) is 0. The molecule has 0 bridgehead atoms. The minimum absolute atomic E-state index is 0. The molecule has 0 atom stereocenters. The van der Waals surface area contributed by atoms with Crippen molar-refractivity contribution < 1.29 is 48.2 Å². The molecule has 0 rings (SSSR count). The van der Waals surface area contributed by atoms with Crippen LogP contribution in [-0.4, -0.2) is 25.5 Å². The molecule has 7 heteroatoms. The zero-order valence-electron chi connectivity index (χ0n) is 3.58. The van der Waals surface area contributed by atoms with Crippen LogP contribution in [0.3, 0.4) is 0 Å². The van der Waals surface area contributed by atoms with Gasteiger partial charge in [0.25, 0.3) is 0 Å². The van der Waals surface area contributed by atoms with Crippen molar-refractivity contribution in [2.45, 2.75) is 0 Å². The van der Waals surface area contributed by atoms with Gasteiger partial charge in [-0.05, 0) is 0 Å². The van der Waals surface area contributed by atoms with E-state index in [1.54, 1.807) is 0 Å². The van der Waals surface area contributed by atoms with Gasteiger partial charge in [0.1, 0.15) is 0 Å². The van der Waals surface area contributed by atoms with Gasteiger partial charge < -0.3 is 5.48 Å². The van der Waals surface area contributed by atoms with Crippen LogP contribution in [0.2, 0.25) is 0 Å². The van der Waals surface area contributed by atoms with E-state index in [1.807, 2.05) is 0 Å². The van der Waals surface area contributed by atoms with Gasteiger partial charge in [0.15, 0.2) is 0 Å². The maximum atomic E-state index is 8.64. The molecule has 0 aliphatic rings. The van der Waals surface area contributed by atoms with Crippen LogP contribution in [0.4, 0.5) is 0 Å². The van der Waals surface area contributed by atoms with E-state index in [9.17, 15) is 0 Å². The van der Waals surface area contributed by atoms with Crippen molar-refractivity contribution in [2.24, 2.45) is 0 Å². The molecule has 0 spiro atoms. The first kappa shape index (κ1) is 15.8. The van der Waals surface area contributed by atoms with Gasteiger partial charge in [-0.25, -0.2) is 0 Å². The number of hydrogen-bond acceptors (Lipinski definition) is 4. The second-order valence-electron chi connectivity index (χ2n) is 0.447. The molecule has 40 valence electrons. The van der Waals surface area contributed by atoms with Gasteiger partial charge in [-0.1, -0.05) is 0 Å². The fourth-order valence-electron chi connectivity index (χ4n) is 0. The fraction of sp³-hybridized carbons (Fsp3) is 0. The summed E-state index contributed by atoms with van der Waals surface area (Å²) in [6.45, 7) is 0. The first-order valence-electron chi connectivity index (χ1n) is 0.730. The van der Waals surface area contributed by atoms with Crippen LogP contribution < -0.4 is 39.7 Å². The van der Waals surface area contributed by atoms with Crippen molar-refractivity contribution in [1.29, 1.82) is 0 Å². The minimum atomic E-state index is -6.10. The van der Waals surface area contributed by atoms with E-state index in [-0.39, 0.29) is 35.0 Å². The third kappa shape index (κ3) is 104. The van der Waals surface area contributed by atoms with Crippen molar-refractivity contribution in [3.8, 4) is 0 Å². The van der Waals surface area contributed by atoms with E-state index in [0.717, 1.165) is 0 Å². The van der Waals surface area contributed by atoms with Crippen LogP contribution in [0.25, 0.3) is 0 Å². The molecule has 0 aromatic carbocycles. The normalized spacial score (nSPS) is 8.43. The van der Waals surface area contributed by atoms with E-state index in [4.69, 9.17) is 13.2 Å². The molecule has 0 aliphatic heterocycles. The Kier molecular flexibility index (Phi) is 12.6. The third-order valence-corrected chi connectivity index (χ3v) is 0. The fourth-order valence-corrected chi connectivity index (χ4v) is 0. The molecule has 5 nitrogen and oxygen atoms in total. The molecule has 0 saturated carbocycles. The molecule has 0 heterocycles. The zero-order valence-corrected chi connectivity index (χ0v) is 8.13. The van der Waals surface area contributed by atoms with Crippen molar-refractivity contribution in [3.63, 3.8) is 0 Å². The van der Waals surface area contributed by atoms with Crippen LogP contribution in [0.15, 0.2) is 0 Å². The monoisotopic (exact) mass is 226 g/mol. The molecule has 7 heavy (non-hydrogen) atoms. The Balaban J connectivity index is -0.0000000800. The van der Waals surface area contributed by atoms with Crippen LogP contribution in [0, 0.1) is 0 Å². The first-order valence-corrected chi connectivity index (χ1v) is 4.90. The second-order valence-corrected chi connectivity index (χ2v) is 3.00. The molecule has 0 amide bonds. The topological polar surface area (TPSA) is 118 Å². The molecule has 0 aromatic heterocycles. The Hall–Kier alpha value is 1.46. The molecule has 2 N–H and O–H groups in total. The predicted octanol–water partition coefficient (Wildman–Crippen LogP) is -7.89. The zero-order chi connectivity index (χ0) is 4.50. The summed E-state index contributed by atoms with van der Waals surface area (Å²) in [5.41, 5.74) is 0. The average molecular weight is 227 g/mol. The van der Waals surface area contributed by atoms with E-state index in [1.165, 1.54) is 0 Å². The summed E-state index contributed by atoms with van der Waals surface area (Å²) in [7, 11) is 0. The molecule has 0 radical (unpaired) electrons. The van der Waals surface area contributed by atoms with Gasteiger partial charge in [-0.3, -0.25) is 0 Å². The Bertz CT molecular complexity index is 54.2. The van der Waals surface area contributed by atoms with Crippen molar-refractivity contribution in [1.82, 2.24) is 0 Å². The van der Waals surface area contributed by atoms with E-state index >= 15 is 0 Å². The number of hydrogen-bond donors (Lipinski definition) is 0. The van der Waals surface area contributed by atoms with Gasteiger partial charge in [0, 0.05) is 0 Å². The Morgan fingerprint density at radius 3 is 1.14 bits per heavy atom. The van der Waals surface area contributed by atoms with Crippen LogP contribution in [0.5, 0.6) is 0 Å². The van der Waals surface area contributed by atoms with E-state index in [0.29, 0.717) is 0 Å². The molecule has 0 aliphatic carbocycles. The van der Waals surface area contributed by atoms with E-state index < -0.39 is 20.1 Å². The van der Waals surface area contributed by atoms with Crippen LogP contribution in [-0.2, 0) is 3.02 Å². The molecule has 0 unspecified atom stereocenters. The van der Waals surface area contributed by atoms with Gasteiger partial charge in [0.05, 0.1) is 0 Å². The van der Waals surface area contributed by atoms with Gasteiger partial charge in [-0.15, -0.1) is 0 Å². The SMILES string of the molecule is O.[Na+].[O]=[Sb]([O-])([O-])[O-]. The Morgan fingerprint density at radius 2 is 1.14 bits per heavy atom. The summed E-state index contributed by atoms with van der Waals surface area (Å²) in [6, 6.07) is 0. The quantitative estimate of drug-likeness (QED) is 0.381. The summed E-state index contributed by atoms with van der Waals surface area (Å²) < 4.78 is 34.6. The predicted molar refractivity (Wildman–Crippen MR) is 10.1 cm³/mol. The molecule has 0 fully saturated rings. The molecular weight excluding hydrogens is 225 g/mol. The van der Waals surface area contributed by atoms with Gasteiger partial charge in [0.2, 0.25) is 0 Å². The van der Waals surface area contributed by atoms with Crippen LogP contribution >= 0.6 is 0 Å². The first-order chi connectivity index (χ1) is 2.00. The van der Waals surface area contributed by atoms with Crippen molar-refractivity contribution >= 4 is 20.1 Å². The summed E-state index contributed by atoms with van der Waals surface area (Å²) in [4.78, 5) is 0. The van der Waals surface area contributed by atoms with Crippen molar-refractivity contribution in [3.05, 3.63) is 0 Å². The van der Waals surface area contributed by atoms with Gasteiger partial charge in [-0.2, -0.15) is 0 Å². The summed E-state index contributed by atoms with van der Waals surface area (Å²) >= 11 is -6.10. The van der Waals surface area contributed by atoms with Crippen molar-refractivity contribution in [2.75, 3.05) is 0 Å². The number of rotatable bonds is 0. The standard InChI is InChI=1S/Na.H2O.4O.Sb/h;1H2;;;;;/q+1;;;3*-1;. The Morgan fingerprint density at radius 1 is 1.14 bits per heavy atom. The third-order valence-electron chi connectivity index (χ3n) is 0. The summed E-state index contributed by atoms with van der Waals surface area (Å²) in [5.74, 6) is 0. The second kappa shape index (κ2) is 5.59. The van der Waals surface area contributed by atoms with Crippen LogP contribution in [0.1, 0.15) is 0 Å².